The molecule has 0 amide bonds. The molecule has 6 heteroatoms. The smallest absolute Gasteiger partial charge is 0.155 e. The Morgan fingerprint density at radius 2 is 2.14 bits per heavy atom. The second kappa shape index (κ2) is 3.61. The van der Waals surface area contributed by atoms with Gasteiger partial charge in [-0.25, -0.2) is 8.42 Å². The van der Waals surface area contributed by atoms with Gasteiger partial charge in [0.1, 0.15) is 11.1 Å². The summed E-state index contributed by atoms with van der Waals surface area (Å²) in [5, 5.41) is 5.91. The molecule has 1 unspecified atom stereocenters. The highest BCUT2D eigenvalue weighted by molar-refractivity contribution is 7.90. The van der Waals surface area contributed by atoms with Gasteiger partial charge in [0.05, 0.1) is 5.69 Å². The van der Waals surface area contributed by atoms with Crippen LogP contribution in [0.2, 0.25) is 0 Å². The fraction of sp³-hybridized carbons (Fsp3) is 0.625. The fourth-order valence-electron chi connectivity index (χ4n) is 1.32. The third kappa shape index (κ3) is 1.89. The molecule has 0 saturated carbocycles. The highest BCUT2D eigenvalue weighted by Gasteiger charge is 2.23. The van der Waals surface area contributed by atoms with Crippen LogP contribution in [0.1, 0.15) is 30.4 Å². The average Bonchev–Trinajstić information content (AvgIpc) is 2.43. The third-order valence-electron chi connectivity index (χ3n) is 2.33. The number of nitrogen functional groups attached to an aromatic ring is 1. The number of H-pyrrole nitrogens is 1. The van der Waals surface area contributed by atoms with Crippen LogP contribution < -0.4 is 5.73 Å². The molecule has 0 fully saturated rings. The van der Waals surface area contributed by atoms with Gasteiger partial charge in [-0.05, 0) is 13.3 Å². The minimum atomic E-state index is -3.10. The van der Waals surface area contributed by atoms with Crippen molar-refractivity contribution in [3.8, 4) is 0 Å². The van der Waals surface area contributed by atoms with Crippen LogP contribution in [0, 0.1) is 0 Å². The van der Waals surface area contributed by atoms with E-state index in [1.54, 1.807) is 6.92 Å². The Labute approximate surface area is 83.6 Å². The van der Waals surface area contributed by atoms with Crippen molar-refractivity contribution in [1.82, 2.24) is 10.2 Å². The van der Waals surface area contributed by atoms with Crippen LogP contribution in [0.5, 0.6) is 0 Å². The summed E-state index contributed by atoms with van der Waals surface area (Å²) >= 11 is 0. The van der Waals surface area contributed by atoms with Gasteiger partial charge in [-0.1, -0.05) is 6.92 Å². The zero-order valence-corrected chi connectivity index (χ0v) is 9.35. The maximum absolute atomic E-state index is 11.3. The second-order valence-electron chi connectivity index (χ2n) is 3.33. The first kappa shape index (κ1) is 11.0. The number of hydrogen-bond acceptors (Lipinski definition) is 4. The average molecular weight is 217 g/mol. The number of nitrogens with zero attached hydrogens (tertiary/aromatic N) is 1. The Hall–Kier alpha value is -1.04. The topological polar surface area (TPSA) is 88.8 Å². The maximum Gasteiger partial charge on any atom is 0.155 e. The molecule has 1 atom stereocenters. The summed E-state index contributed by atoms with van der Waals surface area (Å²) in [6.07, 6.45) is 1.88. The quantitative estimate of drug-likeness (QED) is 0.778. The first-order chi connectivity index (χ1) is 6.38. The first-order valence-corrected chi connectivity index (χ1v) is 6.34. The Kier molecular flexibility index (Phi) is 2.84. The summed E-state index contributed by atoms with van der Waals surface area (Å²) in [5.74, 6) is 0.387. The van der Waals surface area contributed by atoms with E-state index in [0.717, 1.165) is 5.56 Å². The van der Waals surface area contributed by atoms with E-state index in [9.17, 15) is 8.42 Å². The standard InChI is InChI=1S/C8H15N3O2S/c1-4-6-7(10-11-8(6)9)5(2)14(3,12)13/h5H,4H2,1-3H3,(H3,9,10,11). The fourth-order valence-corrected chi connectivity index (χ4v) is 1.94. The highest BCUT2D eigenvalue weighted by atomic mass is 32.2. The monoisotopic (exact) mass is 217 g/mol. The molecule has 0 saturated heterocycles. The van der Waals surface area contributed by atoms with E-state index in [1.165, 1.54) is 6.26 Å². The molecule has 0 spiro atoms. The van der Waals surface area contributed by atoms with Gasteiger partial charge in [0, 0.05) is 11.8 Å². The molecule has 0 aliphatic carbocycles. The predicted molar refractivity (Wildman–Crippen MR) is 55.6 cm³/mol. The van der Waals surface area contributed by atoms with Crippen LogP contribution in [0.4, 0.5) is 5.82 Å². The van der Waals surface area contributed by atoms with E-state index in [-0.39, 0.29) is 0 Å². The van der Waals surface area contributed by atoms with Gasteiger partial charge in [0.25, 0.3) is 0 Å². The summed E-state index contributed by atoms with van der Waals surface area (Å²) in [7, 11) is -3.10. The van der Waals surface area contributed by atoms with Gasteiger partial charge in [0.2, 0.25) is 0 Å². The molecule has 0 aliphatic heterocycles. The van der Waals surface area contributed by atoms with Gasteiger partial charge >= 0.3 is 0 Å². The highest BCUT2D eigenvalue weighted by Crippen LogP contribution is 2.25. The number of hydrogen-bond donors (Lipinski definition) is 2. The summed E-state index contributed by atoms with van der Waals surface area (Å²) in [4.78, 5) is 0. The first-order valence-electron chi connectivity index (χ1n) is 4.39. The van der Waals surface area contributed by atoms with E-state index in [1.807, 2.05) is 6.92 Å². The van der Waals surface area contributed by atoms with E-state index in [0.29, 0.717) is 17.9 Å². The molecule has 0 radical (unpaired) electrons. The molecule has 14 heavy (non-hydrogen) atoms. The van der Waals surface area contributed by atoms with Crippen molar-refractivity contribution in [2.75, 3.05) is 12.0 Å². The molecule has 0 bridgehead atoms. The number of aromatic amines is 1. The van der Waals surface area contributed by atoms with Crippen molar-refractivity contribution in [1.29, 1.82) is 0 Å². The summed E-state index contributed by atoms with van der Waals surface area (Å²) in [6.45, 7) is 3.54. The molecule has 1 heterocycles. The number of aromatic nitrogens is 2. The predicted octanol–water partition coefficient (Wildman–Crippen LogP) is 0.660. The van der Waals surface area contributed by atoms with Crippen LogP contribution in [-0.2, 0) is 16.3 Å². The minimum Gasteiger partial charge on any atom is -0.382 e. The Balaban J connectivity index is 3.20. The molecule has 0 aromatic carbocycles. The number of nitrogens with two attached hydrogens (primary N) is 1. The minimum absolute atomic E-state index is 0.387. The van der Waals surface area contributed by atoms with Crippen LogP contribution in [0.3, 0.4) is 0 Å². The van der Waals surface area contributed by atoms with Gasteiger partial charge in [-0.3, -0.25) is 5.10 Å². The Morgan fingerprint density at radius 1 is 1.57 bits per heavy atom. The molecule has 5 nitrogen and oxygen atoms in total. The SMILES string of the molecule is CCc1c(N)n[nH]c1C(C)S(C)(=O)=O. The number of anilines is 1. The summed E-state index contributed by atoms with van der Waals surface area (Å²) in [6, 6.07) is 0. The normalized spacial score (nSPS) is 14.2. The molecule has 3 N–H and O–H groups in total. The Morgan fingerprint density at radius 3 is 2.57 bits per heavy atom. The zero-order valence-electron chi connectivity index (χ0n) is 8.53. The lowest BCUT2D eigenvalue weighted by Crippen LogP contribution is -2.10. The second-order valence-corrected chi connectivity index (χ2v) is 5.69. The number of rotatable bonds is 3. The van der Waals surface area contributed by atoms with Crippen molar-refractivity contribution >= 4 is 15.7 Å². The maximum atomic E-state index is 11.3. The van der Waals surface area contributed by atoms with E-state index in [2.05, 4.69) is 10.2 Å². The lowest BCUT2D eigenvalue weighted by molar-refractivity contribution is 0.590. The van der Waals surface area contributed by atoms with Gasteiger partial charge < -0.3 is 5.73 Å². The van der Waals surface area contributed by atoms with Crippen molar-refractivity contribution in [2.24, 2.45) is 0 Å². The lowest BCUT2D eigenvalue weighted by Gasteiger charge is -2.08. The molecule has 0 aliphatic rings. The van der Waals surface area contributed by atoms with E-state index < -0.39 is 15.1 Å². The van der Waals surface area contributed by atoms with E-state index in [4.69, 9.17) is 5.73 Å². The van der Waals surface area contributed by atoms with Crippen molar-refractivity contribution in [3.05, 3.63) is 11.3 Å². The third-order valence-corrected chi connectivity index (χ3v) is 3.85. The van der Waals surface area contributed by atoms with Crippen molar-refractivity contribution in [3.63, 3.8) is 0 Å². The van der Waals surface area contributed by atoms with Crippen LogP contribution in [-0.4, -0.2) is 24.9 Å². The van der Waals surface area contributed by atoms with Gasteiger partial charge in [-0.15, -0.1) is 0 Å². The molecule has 80 valence electrons. The number of sulfone groups is 1. The number of nitrogens with one attached hydrogen (secondary N) is 1. The van der Waals surface area contributed by atoms with Crippen LogP contribution in [0.15, 0.2) is 0 Å². The largest absolute Gasteiger partial charge is 0.382 e. The summed E-state index contributed by atoms with van der Waals surface area (Å²) < 4.78 is 22.6. The van der Waals surface area contributed by atoms with Gasteiger partial charge in [-0.2, -0.15) is 5.10 Å². The molecule has 1 aromatic rings. The zero-order chi connectivity index (χ0) is 10.9. The Bertz CT molecular complexity index is 422. The summed E-state index contributed by atoms with van der Waals surface area (Å²) in [5.41, 5.74) is 6.99. The van der Waals surface area contributed by atoms with Crippen molar-refractivity contribution < 1.29 is 8.42 Å². The van der Waals surface area contributed by atoms with Crippen LogP contribution >= 0.6 is 0 Å². The van der Waals surface area contributed by atoms with Crippen LogP contribution in [0.25, 0.3) is 0 Å². The lowest BCUT2D eigenvalue weighted by atomic mass is 10.1. The molecule has 1 rings (SSSR count). The molecular weight excluding hydrogens is 202 g/mol. The van der Waals surface area contributed by atoms with Crippen molar-refractivity contribution in [2.45, 2.75) is 25.5 Å². The van der Waals surface area contributed by atoms with E-state index >= 15 is 0 Å². The van der Waals surface area contributed by atoms with Gasteiger partial charge in [0.15, 0.2) is 9.84 Å². The molecule has 1 aromatic heterocycles. The molecular formula is C8H15N3O2S.